The molecule has 4 aromatic carbocycles. The van der Waals surface area contributed by atoms with Gasteiger partial charge in [0.1, 0.15) is 17.6 Å². The van der Waals surface area contributed by atoms with Crippen LogP contribution in [-0.4, -0.2) is 95.3 Å². The topological polar surface area (TPSA) is 114 Å². The molecule has 0 spiro atoms. The number of amides is 4. The highest BCUT2D eigenvalue weighted by Crippen LogP contribution is 2.42. The van der Waals surface area contributed by atoms with Gasteiger partial charge in [0, 0.05) is 62.8 Å². The van der Waals surface area contributed by atoms with Crippen molar-refractivity contribution in [1.29, 1.82) is 0 Å². The quantitative estimate of drug-likeness (QED) is 0.104. The van der Waals surface area contributed by atoms with Gasteiger partial charge >= 0.3 is 0 Å². The fourth-order valence-electron chi connectivity index (χ4n) is 9.78. The monoisotopic (exact) mass is 801 g/mol. The number of hydrogen-bond acceptors (Lipinski definition) is 8. The number of rotatable bonds is 10. The number of alkyl halides is 1. The number of nitrogens with zero attached hydrogens (tertiary/aromatic N) is 4. The maximum Gasteiger partial charge on any atom is 0.262 e. The number of carbonyl (C=O) groups is 4. The zero-order chi connectivity index (χ0) is 40.1. The Bertz CT molecular complexity index is 2280. The van der Waals surface area contributed by atoms with Gasteiger partial charge in [-0.1, -0.05) is 54.6 Å². The number of fused-ring (bicyclic) bond motifs is 3. The van der Waals surface area contributed by atoms with Crippen LogP contribution < -0.4 is 15.1 Å². The van der Waals surface area contributed by atoms with Gasteiger partial charge in [0.2, 0.25) is 11.8 Å². The third kappa shape index (κ3) is 7.04. The van der Waals surface area contributed by atoms with E-state index in [1.54, 1.807) is 12.1 Å². The van der Waals surface area contributed by atoms with Gasteiger partial charge < -0.3 is 14.9 Å². The van der Waals surface area contributed by atoms with Crippen molar-refractivity contribution in [3.63, 3.8) is 0 Å². The lowest BCUT2D eigenvalue weighted by molar-refractivity contribution is -0.136. The summed E-state index contributed by atoms with van der Waals surface area (Å²) in [6.07, 6.45) is 3.87. The Morgan fingerprint density at radius 2 is 1.43 bits per heavy atom. The lowest BCUT2D eigenvalue weighted by Crippen LogP contribution is -2.69. The van der Waals surface area contributed by atoms with E-state index in [1.165, 1.54) is 11.8 Å². The highest BCUT2D eigenvalue weighted by Gasteiger charge is 2.49. The zero-order valence-corrected chi connectivity index (χ0v) is 32.8. The largest absolute Gasteiger partial charge is 0.508 e. The standard InChI is InChI=1S/C46H45ClFN5O5/c47-19-16-36(29-4-2-1-3-5-29)43(31-8-12-35(54)13-9-31)30-6-10-32(11-7-30)51-20-17-28(18-21-51)25-50-26-33-22-34(27-50)52(33)41-24-38-37(23-39(41)48)45(57)53(46(38)58)40-14-15-42(55)49-44(40)56/h1-13,23-24,28,33-34,40,54H,14-22,25-27H2,(H,49,55,56). The molecule has 298 valence electrons. The van der Waals surface area contributed by atoms with E-state index in [0.29, 0.717) is 23.9 Å². The second-order valence-corrected chi connectivity index (χ2v) is 16.5. The minimum Gasteiger partial charge on any atom is -0.508 e. The van der Waals surface area contributed by atoms with Crippen LogP contribution in [0.25, 0.3) is 11.1 Å². The van der Waals surface area contributed by atoms with Crippen LogP contribution in [0.15, 0.2) is 91.0 Å². The minimum atomic E-state index is -1.09. The van der Waals surface area contributed by atoms with Crippen LogP contribution in [0, 0.1) is 11.7 Å². The molecule has 6 heterocycles. The third-order valence-corrected chi connectivity index (χ3v) is 12.8. The molecule has 6 aliphatic rings. The highest BCUT2D eigenvalue weighted by molar-refractivity contribution is 6.24. The number of anilines is 2. The van der Waals surface area contributed by atoms with Crippen molar-refractivity contribution in [2.24, 2.45) is 5.92 Å². The number of phenolic OH excluding ortho intramolecular Hbond substituents is 1. The minimum absolute atomic E-state index is 0.0270. The molecule has 4 aromatic rings. The lowest BCUT2D eigenvalue weighted by Gasteiger charge is -2.58. The van der Waals surface area contributed by atoms with Crippen LogP contribution >= 0.6 is 11.6 Å². The van der Waals surface area contributed by atoms with Crippen LogP contribution in [0.4, 0.5) is 15.8 Å². The Labute approximate surface area is 341 Å². The van der Waals surface area contributed by atoms with Crippen molar-refractivity contribution < 1.29 is 28.7 Å². The highest BCUT2D eigenvalue weighted by atomic mass is 35.5. The van der Waals surface area contributed by atoms with Crippen molar-refractivity contribution in [3.8, 4) is 5.75 Å². The second kappa shape index (κ2) is 15.7. The van der Waals surface area contributed by atoms with Gasteiger partial charge in [-0.25, -0.2) is 4.39 Å². The van der Waals surface area contributed by atoms with Crippen molar-refractivity contribution in [2.75, 3.05) is 48.4 Å². The van der Waals surface area contributed by atoms with Gasteiger partial charge in [-0.3, -0.25) is 34.3 Å². The molecule has 3 atom stereocenters. The van der Waals surface area contributed by atoms with Gasteiger partial charge in [0.25, 0.3) is 11.8 Å². The first-order chi connectivity index (χ1) is 28.2. The molecule has 2 N–H and O–H groups in total. The van der Waals surface area contributed by atoms with Crippen LogP contribution in [0.1, 0.15) is 75.9 Å². The maximum atomic E-state index is 15.7. The van der Waals surface area contributed by atoms with E-state index in [9.17, 15) is 24.3 Å². The summed E-state index contributed by atoms with van der Waals surface area (Å²) in [7, 11) is 0. The summed E-state index contributed by atoms with van der Waals surface area (Å²) in [5.74, 6) is -1.74. The molecule has 10 rings (SSSR count). The first-order valence-corrected chi connectivity index (χ1v) is 20.8. The summed E-state index contributed by atoms with van der Waals surface area (Å²) < 4.78 is 15.7. The predicted molar refractivity (Wildman–Crippen MR) is 221 cm³/mol. The molecule has 2 bridgehead atoms. The number of carbonyl (C=O) groups excluding carboxylic acids is 4. The number of piperidine rings is 3. The van der Waals surface area contributed by atoms with Gasteiger partial charge in [0.05, 0.1) is 16.8 Å². The number of imide groups is 2. The average molecular weight is 802 g/mol. The van der Waals surface area contributed by atoms with Crippen molar-refractivity contribution >= 4 is 57.8 Å². The summed E-state index contributed by atoms with van der Waals surface area (Å²) in [5, 5.41) is 12.2. The summed E-state index contributed by atoms with van der Waals surface area (Å²) >= 11 is 6.36. The molecule has 12 heteroatoms. The molecule has 3 unspecified atom stereocenters. The average Bonchev–Trinajstić information content (AvgIpc) is 3.46. The lowest BCUT2D eigenvalue weighted by atomic mass is 9.85. The fourth-order valence-corrected chi connectivity index (χ4v) is 9.97. The van der Waals surface area contributed by atoms with E-state index in [1.807, 2.05) is 30.3 Å². The number of halogens is 2. The molecule has 0 radical (unpaired) electrons. The Kier molecular flexibility index (Phi) is 10.3. The molecular formula is C46H45ClFN5O5. The Hall–Kier alpha value is -5.52. The van der Waals surface area contributed by atoms with Gasteiger partial charge in [0.15, 0.2) is 0 Å². The number of piperazine rings is 1. The number of hydrogen-bond donors (Lipinski definition) is 2. The molecule has 4 amide bonds. The van der Waals surface area contributed by atoms with Crippen LogP contribution in [0.5, 0.6) is 5.75 Å². The Balaban J connectivity index is 0.829. The first kappa shape index (κ1) is 38.0. The van der Waals surface area contributed by atoms with Gasteiger partial charge in [-0.15, -0.1) is 11.6 Å². The Morgan fingerprint density at radius 1 is 0.793 bits per heavy atom. The summed E-state index contributed by atoms with van der Waals surface area (Å²) in [6, 6.07) is 28.3. The van der Waals surface area contributed by atoms with Gasteiger partial charge in [-0.05, 0) is 102 Å². The molecule has 0 aromatic heterocycles. The molecule has 10 nitrogen and oxygen atoms in total. The molecule has 58 heavy (non-hydrogen) atoms. The molecular weight excluding hydrogens is 757 g/mol. The third-order valence-electron chi connectivity index (χ3n) is 12.6. The normalized spacial score (nSPS) is 22.8. The van der Waals surface area contributed by atoms with Crippen molar-refractivity contribution in [3.05, 3.63) is 125 Å². The number of nitrogens with one attached hydrogen (secondary N) is 1. The van der Waals surface area contributed by atoms with Crippen LogP contribution in [0.3, 0.4) is 0 Å². The zero-order valence-electron chi connectivity index (χ0n) is 32.1. The summed E-state index contributed by atoms with van der Waals surface area (Å²) in [5.41, 5.74) is 7.10. The second-order valence-electron chi connectivity index (χ2n) is 16.1. The number of aromatic hydroxyl groups is 1. The molecule has 0 saturated carbocycles. The first-order valence-electron chi connectivity index (χ1n) is 20.2. The van der Waals surface area contributed by atoms with E-state index in [4.69, 9.17) is 11.6 Å². The summed E-state index contributed by atoms with van der Waals surface area (Å²) in [6.45, 7) is 4.51. The van der Waals surface area contributed by atoms with Crippen molar-refractivity contribution in [1.82, 2.24) is 15.1 Å². The summed E-state index contributed by atoms with van der Waals surface area (Å²) in [4.78, 5) is 58.7. The van der Waals surface area contributed by atoms with Gasteiger partial charge in [-0.2, -0.15) is 0 Å². The van der Waals surface area contributed by atoms with E-state index < -0.39 is 35.5 Å². The van der Waals surface area contributed by atoms with E-state index >= 15 is 4.39 Å². The Morgan fingerprint density at radius 3 is 2.07 bits per heavy atom. The SMILES string of the molecule is O=C1CCC(N2C(=O)c3cc(F)c(N4C5CC4CN(CC4CCN(c6ccc(C(=C(CCCl)c7ccccc7)c7ccc(O)cc7)cc6)CC4)C5)cc3C2=O)C(=O)N1. The van der Waals surface area contributed by atoms with Crippen LogP contribution in [0.2, 0.25) is 0 Å². The predicted octanol–water partition coefficient (Wildman–Crippen LogP) is 6.70. The molecule has 0 aliphatic carbocycles. The van der Waals surface area contributed by atoms with E-state index in [-0.39, 0.29) is 41.8 Å². The smallest absolute Gasteiger partial charge is 0.262 e. The van der Waals surface area contributed by atoms with Crippen molar-refractivity contribution in [2.45, 2.75) is 56.7 Å². The van der Waals surface area contributed by atoms with E-state index in [0.717, 1.165) is 90.8 Å². The number of phenols is 1. The molecule has 5 fully saturated rings. The number of allylic oxidation sites excluding steroid dienone is 1. The molecule has 6 aliphatic heterocycles. The van der Waals surface area contributed by atoms with Crippen LogP contribution in [-0.2, 0) is 9.59 Å². The molecule has 5 saturated heterocycles. The fraction of sp³-hybridized carbons (Fsp3) is 0.348. The van der Waals surface area contributed by atoms with E-state index in [2.05, 4.69) is 56.4 Å². The number of benzene rings is 4. The maximum absolute atomic E-state index is 15.7.